The third-order valence-corrected chi connectivity index (χ3v) is 5.58. The summed E-state index contributed by atoms with van der Waals surface area (Å²) >= 11 is 4.87. The molecule has 0 radical (unpaired) electrons. The van der Waals surface area contributed by atoms with Gasteiger partial charge in [-0.2, -0.15) is 0 Å². The van der Waals surface area contributed by atoms with E-state index in [1.54, 1.807) is 12.1 Å². The molecule has 0 fully saturated rings. The van der Waals surface area contributed by atoms with Crippen LogP contribution in [0.15, 0.2) is 40.9 Å². The van der Waals surface area contributed by atoms with Crippen LogP contribution in [0.1, 0.15) is 30.3 Å². The van der Waals surface area contributed by atoms with Crippen LogP contribution in [-0.4, -0.2) is 27.8 Å². The zero-order valence-electron chi connectivity index (χ0n) is 14.6. The van der Waals surface area contributed by atoms with Gasteiger partial charge in [-0.05, 0) is 70.8 Å². The fraction of sp³-hybridized carbons (Fsp3) is 0.200. The maximum Gasteiger partial charge on any atom is 0.303 e. The third-order valence-electron chi connectivity index (χ3n) is 3.87. The second kappa shape index (κ2) is 8.54. The first-order valence-corrected chi connectivity index (χ1v) is 10.0. The van der Waals surface area contributed by atoms with Crippen molar-refractivity contribution in [2.45, 2.75) is 19.8 Å². The topological polar surface area (TPSA) is 79.7 Å². The average Bonchev–Trinajstić information content (AvgIpc) is 3.06. The molecule has 0 saturated heterocycles. The molecule has 0 unspecified atom stereocenters. The second-order valence-corrected chi connectivity index (χ2v) is 7.72. The minimum Gasteiger partial charge on any atom is -0.503 e. The van der Waals surface area contributed by atoms with E-state index in [4.69, 9.17) is 9.84 Å². The molecule has 3 rings (SSSR count). The molecular weight excluding hydrogens is 430 g/mol. The minimum atomic E-state index is -0.857. The predicted molar refractivity (Wildman–Crippen MR) is 111 cm³/mol. The molecule has 5 nitrogen and oxygen atoms in total. The van der Waals surface area contributed by atoms with Crippen molar-refractivity contribution in [2.75, 3.05) is 6.61 Å². The minimum absolute atomic E-state index is 0.0132. The molecule has 3 aromatic rings. The molecule has 1 aromatic heterocycles. The van der Waals surface area contributed by atoms with E-state index in [-0.39, 0.29) is 12.2 Å². The highest BCUT2D eigenvalue weighted by atomic mass is 79.9. The van der Waals surface area contributed by atoms with Crippen molar-refractivity contribution in [2.24, 2.45) is 0 Å². The van der Waals surface area contributed by atoms with Crippen molar-refractivity contribution in [1.29, 1.82) is 0 Å². The number of hydrogen-bond acceptors (Lipinski definition) is 5. The number of allylic oxidation sites excluding steroid dienone is 1. The monoisotopic (exact) mass is 447 g/mol. The highest BCUT2D eigenvalue weighted by Gasteiger charge is 2.13. The van der Waals surface area contributed by atoms with Crippen LogP contribution in [0.4, 0.5) is 0 Å². The van der Waals surface area contributed by atoms with Crippen molar-refractivity contribution < 1.29 is 19.7 Å². The lowest BCUT2D eigenvalue weighted by Crippen LogP contribution is -1.96. The van der Waals surface area contributed by atoms with Gasteiger partial charge >= 0.3 is 5.97 Å². The largest absolute Gasteiger partial charge is 0.503 e. The molecule has 0 saturated carbocycles. The number of benzene rings is 2. The number of thiazole rings is 1. The Bertz CT molecular complexity index is 979. The summed E-state index contributed by atoms with van der Waals surface area (Å²) in [5.74, 6) is -0.440. The second-order valence-electron chi connectivity index (χ2n) is 5.83. The van der Waals surface area contributed by atoms with Gasteiger partial charge in [0.1, 0.15) is 5.01 Å². The van der Waals surface area contributed by atoms with Gasteiger partial charge in [0, 0.05) is 6.42 Å². The summed E-state index contributed by atoms with van der Waals surface area (Å²) in [5.41, 5.74) is 2.52. The Hall–Kier alpha value is -2.38. The average molecular weight is 448 g/mol. The SMILES string of the molecule is CCOc1cc(C=C(CCC(=O)O)c2nc3ccccc3s2)cc(Br)c1O. The molecule has 1 heterocycles. The molecule has 2 aromatic carbocycles. The Kier molecular flexibility index (Phi) is 6.13. The highest BCUT2D eigenvalue weighted by molar-refractivity contribution is 9.10. The number of fused-ring (bicyclic) bond motifs is 1. The van der Waals surface area contributed by atoms with Crippen molar-refractivity contribution in [1.82, 2.24) is 4.98 Å². The van der Waals surface area contributed by atoms with Crippen molar-refractivity contribution in [3.63, 3.8) is 0 Å². The van der Waals surface area contributed by atoms with Gasteiger partial charge in [-0.1, -0.05) is 12.1 Å². The number of ether oxygens (including phenoxy) is 1. The van der Waals surface area contributed by atoms with Crippen LogP contribution in [0.5, 0.6) is 11.5 Å². The smallest absolute Gasteiger partial charge is 0.303 e. The Morgan fingerprint density at radius 1 is 1.30 bits per heavy atom. The maximum atomic E-state index is 11.1. The van der Waals surface area contributed by atoms with Crippen LogP contribution in [0.3, 0.4) is 0 Å². The first kappa shape index (κ1) is 19.4. The van der Waals surface area contributed by atoms with E-state index >= 15 is 0 Å². The third kappa shape index (κ3) is 4.67. The number of aliphatic carboxylic acids is 1. The number of aromatic hydroxyl groups is 1. The van der Waals surface area contributed by atoms with Crippen LogP contribution in [0, 0.1) is 0 Å². The molecule has 0 amide bonds. The van der Waals surface area contributed by atoms with E-state index in [9.17, 15) is 9.90 Å². The number of nitrogens with zero attached hydrogens (tertiary/aromatic N) is 1. The molecule has 0 aliphatic rings. The van der Waals surface area contributed by atoms with Gasteiger partial charge < -0.3 is 14.9 Å². The standard InChI is InChI=1S/C20H18BrNO4S/c1-2-26-16-11-12(10-14(21)19(16)25)9-13(7-8-18(23)24)20-22-15-5-3-4-6-17(15)27-20/h3-6,9-11,25H,2,7-8H2,1H3,(H,23,24). The van der Waals surface area contributed by atoms with Crippen LogP contribution in [0.2, 0.25) is 0 Å². The summed E-state index contributed by atoms with van der Waals surface area (Å²) < 4.78 is 7.04. The summed E-state index contributed by atoms with van der Waals surface area (Å²) in [6, 6.07) is 11.3. The van der Waals surface area contributed by atoms with Gasteiger partial charge in [0.05, 0.1) is 21.3 Å². The molecule has 140 valence electrons. The van der Waals surface area contributed by atoms with Crippen LogP contribution in [-0.2, 0) is 4.79 Å². The number of phenols is 1. The molecule has 27 heavy (non-hydrogen) atoms. The first-order valence-electron chi connectivity index (χ1n) is 8.41. The molecule has 7 heteroatoms. The van der Waals surface area contributed by atoms with Crippen molar-refractivity contribution in [3.05, 3.63) is 51.4 Å². The Morgan fingerprint density at radius 2 is 2.07 bits per heavy atom. The zero-order valence-corrected chi connectivity index (χ0v) is 17.0. The van der Waals surface area contributed by atoms with Gasteiger partial charge in [-0.15, -0.1) is 11.3 Å². The lowest BCUT2D eigenvalue weighted by atomic mass is 10.1. The summed E-state index contributed by atoms with van der Waals surface area (Å²) in [4.78, 5) is 15.7. The lowest BCUT2D eigenvalue weighted by Gasteiger charge is -2.10. The number of phenolic OH excluding ortho intramolecular Hbond substituents is 1. The molecule has 0 atom stereocenters. The number of aromatic nitrogens is 1. The van der Waals surface area contributed by atoms with Crippen LogP contribution in [0.25, 0.3) is 21.9 Å². The first-order chi connectivity index (χ1) is 13.0. The quantitative estimate of drug-likeness (QED) is 0.494. The summed E-state index contributed by atoms with van der Waals surface area (Å²) in [5, 5.41) is 20.0. The van der Waals surface area contributed by atoms with E-state index in [0.29, 0.717) is 23.2 Å². The van der Waals surface area contributed by atoms with Gasteiger partial charge in [0.2, 0.25) is 0 Å². The fourth-order valence-corrected chi connectivity index (χ4v) is 4.10. The molecule has 0 spiro atoms. The molecule has 0 bridgehead atoms. The van der Waals surface area contributed by atoms with E-state index in [0.717, 1.165) is 26.4 Å². The highest BCUT2D eigenvalue weighted by Crippen LogP contribution is 2.37. The number of rotatable bonds is 7. The molecule has 0 aliphatic heterocycles. The number of carboxylic acid groups (broad SMARTS) is 1. The fourth-order valence-electron chi connectivity index (χ4n) is 2.64. The predicted octanol–water partition coefficient (Wildman–Crippen LogP) is 5.57. The Labute approximate surface area is 169 Å². The van der Waals surface area contributed by atoms with Gasteiger partial charge in [0.25, 0.3) is 0 Å². The summed E-state index contributed by atoms with van der Waals surface area (Å²) in [6.07, 6.45) is 2.27. The molecule has 2 N–H and O–H groups in total. The van der Waals surface area contributed by atoms with Gasteiger partial charge in [-0.3, -0.25) is 4.79 Å². The van der Waals surface area contributed by atoms with E-state index in [1.807, 2.05) is 37.3 Å². The number of hydrogen-bond donors (Lipinski definition) is 2. The van der Waals surface area contributed by atoms with Crippen LogP contribution < -0.4 is 4.74 Å². The van der Waals surface area contributed by atoms with E-state index < -0.39 is 5.97 Å². The molecular formula is C20H18BrNO4S. The number of carbonyl (C=O) groups is 1. The zero-order chi connectivity index (χ0) is 19.4. The maximum absolute atomic E-state index is 11.1. The van der Waals surface area contributed by atoms with E-state index in [1.165, 1.54) is 11.3 Å². The summed E-state index contributed by atoms with van der Waals surface area (Å²) in [6.45, 7) is 2.27. The summed E-state index contributed by atoms with van der Waals surface area (Å²) in [7, 11) is 0. The normalized spacial score (nSPS) is 11.7. The Morgan fingerprint density at radius 3 is 2.78 bits per heavy atom. The van der Waals surface area contributed by atoms with Crippen LogP contribution >= 0.6 is 27.3 Å². The number of halogens is 1. The van der Waals surface area contributed by atoms with Gasteiger partial charge in [0.15, 0.2) is 11.5 Å². The van der Waals surface area contributed by atoms with Crippen molar-refractivity contribution in [3.8, 4) is 11.5 Å². The van der Waals surface area contributed by atoms with Gasteiger partial charge in [-0.25, -0.2) is 4.98 Å². The van der Waals surface area contributed by atoms with Crippen molar-refractivity contribution >= 4 is 55.1 Å². The Balaban J connectivity index is 2.05. The number of carboxylic acids is 1. The number of para-hydroxylation sites is 1. The lowest BCUT2D eigenvalue weighted by molar-refractivity contribution is -0.136. The van der Waals surface area contributed by atoms with E-state index in [2.05, 4.69) is 20.9 Å². The molecule has 0 aliphatic carbocycles.